The number of aryl methyl sites for hydroxylation is 1. The van der Waals surface area contributed by atoms with E-state index in [1.165, 1.54) is 0 Å². The minimum absolute atomic E-state index is 0.630. The van der Waals surface area contributed by atoms with Gasteiger partial charge in [-0.15, -0.1) is 0 Å². The summed E-state index contributed by atoms with van der Waals surface area (Å²) in [6, 6.07) is 0. The zero-order chi connectivity index (χ0) is 13.7. The molecule has 2 aromatic rings. The van der Waals surface area contributed by atoms with Crippen molar-refractivity contribution >= 4 is 5.82 Å². The highest BCUT2D eigenvalue weighted by atomic mass is 16.5. The summed E-state index contributed by atoms with van der Waals surface area (Å²) in [6.07, 6.45) is 5.95. The Morgan fingerprint density at radius 3 is 2.79 bits per heavy atom. The fraction of sp³-hybridized carbons (Fsp3) is 0.462. The van der Waals surface area contributed by atoms with Gasteiger partial charge in [-0.25, -0.2) is 15.0 Å². The number of aromatic nitrogens is 4. The Balaban J connectivity index is 2.31. The van der Waals surface area contributed by atoms with Crippen molar-refractivity contribution in [2.24, 2.45) is 0 Å². The second kappa shape index (κ2) is 6.17. The second-order valence-corrected chi connectivity index (χ2v) is 4.04. The molecule has 0 unspecified atom stereocenters. The molecule has 0 aromatic carbocycles. The van der Waals surface area contributed by atoms with Gasteiger partial charge in [-0.3, -0.25) is 0 Å². The molecule has 0 saturated heterocycles. The summed E-state index contributed by atoms with van der Waals surface area (Å²) in [4.78, 5) is 12.9. The highest BCUT2D eigenvalue weighted by Crippen LogP contribution is 2.26. The predicted molar refractivity (Wildman–Crippen MR) is 73.5 cm³/mol. The third kappa shape index (κ3) is 2.83. The standard InChI is InChI=1S/C13H19N5O/c1-4-14-13-12(19-3)10(16-9-17-13)8-11-15-6-7-18(11)5-2/h6-7,9H,4-5,8H2,1-3H3,(H,14,16,17). The zero-order valence-electron chi connectivity index (χ0n) is 11.6. The number of imidazole rings is 1. The van der Waals surface area contributed by atoms with E-state index >= 15 is 0 Å². The molecule has 0 amide bonds. The van der Waals surface area contributed by atoms with Crippen molar-refractivity contribution in [2.45, 2.75) is 26.8 Å². The maximum Gasteiger partial charge on any atom is 0.183 e. The van der Waals surface area contributed by atoms with Crippen LogP contribution in [0.2, 0.25) is 0 Å². The summed E-state index contributed by atoms with van der Waals surface area (Å²) in [5, 5.41) is 3.17. The minimum Gasteiger partial charge on any atom is -0.491 e. The Morgan fingerprint density at radius 1 is 1.26 bits per heavy atom. The molecule has 0 aliphatic heterocycles. The molecule has 102 valence electrons. The van der Waals surface area contributed by atoms with Gasteiger partial charge in [0.2, 0.25) is 0 Å². The number of ether oxygens (including phenoxy) is 1. The molecular weight excluding hydrogens is 242 g/mol. The van der Waals surface area contributed by atoms with Crippen LogP contribution in [0.4, 0.5) is 5.82 Å². The summed E-state index contributed by atoms with van der Waals surface area (Å²) in [7, 11) is 1.63. The second-order valence-electron chi connectivity index (χ2n) is 4.04. The molecule has 0 aliphatic carbocycles. The molecule has 0 bridgehead atoms. The highest BCUT2D eigenvalue weighted by Gasteiger charge is 2.14. The van der Waals surface area contributed by atoms with E-state index in [0.29, 0.717) is 12.2 Å². The summed E-state index contributed by atoms with van der Waals surface area (Å²) >= 11 is 0. The highest BCUT2D eigenvalue weighted by molar-refractivity contribution is 5.52. The van der Waals surface area contributed by atoms with Gasteiger partial charge in [0.05, 0.1) is 19.2 Å². The molecule has 0 aliphatic rings. The smallest absolute Gasteiger partial charge is 0.183 e. The number of hydrogen-bond donors (Lipinski definition) is 1. The van der Waals surface area contributed by atoms with Crippen LogP contribution in [-0.2, 0) is 13.0 Å². The van der Waals surface area contributed by atoms with Gasteiger partial charge in [0.1, 0.15) is 12.2 Å². The molecule has 0 radical (unpaired) electrons. The van der Waals surface area contributed by atoms with E-state index in [0.717, 1.165) is 30.4 Å². The van der Waals surface area contributed by atoms with Crippen LogP contribution in [0.3, 0.4) is 0 Å². The third-order valence-corrected chi connectivity index (χ3v) is 2.89. The van der Waals surface area contributed by atoms with E-state index in [1.807, 2.05) is 13.1 Å². The SMILES string of the molecule is CCNc1ncnc(Cc2nccn2CC)c1OC. The van der Waals surface area contributed by atoms with Crippen molar-refractivity contribution in [3.05, 3.63) is 30.2 Å². The Kier molecular flexibility index (Phi) is 4.33. The van der Waals surface area contributed by atoms with Crippen molar-refractivity contribution in [1.29, 1.82) is 0 Å². The maximum atomic E-state index is 5.43. The summed E-state index contributed by atoms with van der Waals surface area (Å²) in [5.74, 6) is 2.39. The molecule has 1 N–H and O–H groups in total. The molecule has 2 aromatic heterocycles. The quantitative estimate of drug-likeness (QED) is 0.857. The molecule has 19 heavy (non-hydrogen) atoms. The van der Waals surface area contributed by atoms with E-state index in [2.05, 4.69) is 31.8 Å². The first kappa shape index (κ1) is 13.3. The molecule has 0 saturated carbocycles. The normalized spacial score (nSPS) is 10.5. The van der Waals surface area contributed by atoms with E-state index in [4.69, 9.17) is 4.74 Å². The van der Waals surface area contributed by atoms with E-state index in [9.17, 15) is 0 Å². The van der Waals surface area contributed by atoms with Gasteiger partial charge in [0.25, 0.3) is 0 Å². The van der Waals surface area contributed by atoms with Crippen molar-refractivity contribution in [1.82, 2.24) is 19.5 Å². The van der Waals surface area contributed by atoms with Crippen LogP contribution in [0.1, 0.15) is 25.4 Å². The molecule has 6 nitrogen and oxygen atoms in total. The first-order valence-corrected chi connectivity index (χ1v) is 6.41. The van der Waals surface area contributed by atoms with Crippen molar-refractivity contribution in [3.63, 3.8) is 0 Å². The van der Waals surface area contributed by atoms with E-state index < -0.39 is 0 Å². The number of nitrogens with one attached hydrogen (secondary N) is 1. The first-order valence-electron chi connectivity index (χ1n) is 6.41. The number of hydrogen-bond acceptors (Lipinski definition) is 5. The average Bonchev–Trinajstić information content (AvgIpc) is 2.87. The Bertz CT molecular complexity index is 538. The fourth-order valence-corrected chi connectivity index (χ4v) is 1.99. The van der Waals surface area contributed by atoms with Gasteiger partial charge in [-0.05, 0) is 13.8 Å². The number of anilines is 1. The minimum atomic E-state index is 0.630. The summed E-state index contributed by atoms with van der Waals surface area (Å²) < 4.78 is 7.52. The van der Waals surface area contributed by atoms with Gasteiger partial charge in [0, 0.05) is 25.5 Å². The number of nitrogens with zero attached hydrogens (tertiary/aromatic N) is 4. The Morgan fingerprint density at radius 2 is 2.11 bits per heavy atom. The molecule has 2 rings (SSSR count). The van der Waals surface area contributed by atoms with Crippen LogP contribution in [0.25, 0.3) is 0 Å². The fourth-order valence-electron chi connectivity index (χ4n) is 1.99. The van der Waals surface area contributed by atoms with Crippen LogP contribution in [0, 0.1) is 0 Å². The predicted octanol–water partition coefficient (Wildman–Crippen LogP) is 1.72. The maximum absolute atomic E-state index is 5.43. The molecule has 0 fully saturated rings. The first-order chi connectivity index (χ1) is 9.30. The van der Waals surface area contributed by atoms with Crippen LogP contribution in [-0.4, -0.2) is 33.2 Å². The average molecular weight is 261 g/mol. The molecule has 0 spiro atoms. The lowest BCUT2D eigenvalue weighted by Gasteiger charge is -2.12. The zero-order valence-corrected chi connectivity index (χ0v) is 11.6. The third-order valence-electron chi connectivity index (χ3n) is 2.89. The van der Waals surface area contributed by atoms with Gasteiger partial charge in [-0.2, -0.15) is 0 Å². The monoisotopic (exact) mass is 261 g/mol. The van der Waals surface area contributed by atoms with Crippen LogP contribution < -0.4 is 10.1 Å². The van der Waals surface area contributed by atoms with Crippen molar-refractivity contribution < 1.29 is 4.74 Å². The molecule has 6 heteroatoms. The van der Waals surface area contributed by atoms with Crippen LogP contribution in [0.5, 0.6) is 5.75 Å². The van der Waals surface area contributed by atoms with Gasteiger partial charge >= 0.3 is 0 Å². The molecular formula is C13H19N5O. The van der Waals surface area contributed by atoms with Gasteiger partial charge in [-0.1, -0.05) is 0 Å². The molecule has 2 heterocycles. The lowest BCUT2D eigenvalue weighted by Crippen LogP contribution is -2.08. The molecule has 0 atom stereocenters. The van der Waals surface area contributed by atoms with Crippen LogP contribution in [0.15, 0.2) is 18.7 Å². The topological polar surface area (TPSA) is 64.9 Å². The van der Waals surface area contributed by atoms with E-state index in [1.54, 1.807) is 19.6 Å². The number of methoxy groups -OCH3 is 1. The van der Waals surface area contributed by atoms with Crippen molar-refractivity contribution in [2.75, 3.05) is 19.0 Å². The van der Waals surface area contributed by atoms with Crippen molar-refractivity contribution in [3.8, 4) is 5.75 Å². The lowest BCUT2D eigenvalue weighted by atomic mass is 10.2. The van der Waals surface area contributed by atoms with E-state index in [-0.39, 0.29) is 0 Å². The number of rotatable bonds is 6. The van der Waals surface area contributed by atoms with Gasteiger partial charge < -0.3 is 14.6 Å². The Labute approximate surface area is 112 Å². The van der Waals surface area contributed by atoms with Gasteiger partial charge in [0.15, 0.2) is 11.6 Å². The summed E-state index contributed by atoms with van der Waals surface area (Å²) in [5.41, 5.74) is 0.842. The Hall–Kier alpha value is -2.11. The lowest BCUT2D eigenvalue weighted by molar-refractivity contribution is 0.407. The largest absolute Gasteiger partial charge is 0.491 e. The van der Waals surface area contributed by atoms with Crippen LogP contribution >= 0.6 is 0 Å². The summed E-state index contributed by atoms with van der Waals surface area (Å²) in [6.45, 7) is 5.79.